The number of anilines is 1. The Hall–Kier alpha value is -1.43. The number of likely N-dealkylation sites (N-methyl/N-ethyl adjacent to an activating group) is 1. The molecule has 0 saturated heterocycles. The highest BCUT2D eigenvalue weighted by Crippen LogP contribution is 2.35. The molecule has 0 amide bonds. The van der Waals surface area contributed by atoms with Crippen LogP contribution >= 0.6 is 11.3 Å². The van der Waals surface area contributed by atoms with Crippen molar-refractivity contribution in [2.24, 2.45) is 0 Å². The summed E-state index contributed by atoms with van der Waals surface area (Å²) in [7, 11) is 6.07. The third-order valence-corrected chi connectivity index (χ3v) is 4.81. The topological polar surface area (TPSA) is 39.6 Å². The molecule has 0 spiro atoms. The second kappa shape index (κ2) is 5.16. The van der Waals surface area contributed by atoms with Gasteiger partial charge in [0.2, 0.25) is 0 Å². The predicted octanol–water partition coefficient (Wildman–Crippen LogP) is 2.35. The second-order valence-corrected chi connectivity index (χ2v) is 6.51. The van der Waals surface area contributed by atoms with Gasteiger partial charge in [0.25, 0.3) is 0 Å². The zero-order valence-electron chi connectivity index (χ0n) is 12.0. The molecule has 2 heterocycles. The fraction of sp³-hybridized carbons (Fsp3) is 0.400. The van der Waals surface area contributed by atoms with Crippen LogP contribution in [-0.4, -0.2) is 42.7 Å². The SMILES string of the molecule is CN1Cc2nc(-c3ccc(N(C)C)cc3)sc2C(O)C1. The van der Waals surface area contributed by atoms with Gasteiger partial charge < -0.3 is 10.0 Å². The van der Waals surface area contributed by atoms with E-state index in [0.717, 1.165) is 27.7 Å². The summed E-state index contributed by atoms with van der Waals surface area (Å²) in [5, 5.41) is 11.1. The van der Waals surface area contributed by atoms with Crippen LogP contribution in [0.2, 0.25) is 0 Å². The fourth-order valence-corrected chi connectivity index (χ4v) is 3.52. The van der Waals surface area contributed by atoms with Gasteiger partial charge in [0.15, 0.2) is 0 Å². The van der Waals surface area contributed by atoms with Crippen LogP contribution in [0.25, 0.3) is 10.6 Å². The lowest BCUT2D eigenvalue weighted by Crippen LogP contribution is -2.29. The van der Waals surface area contributed by atoms with Gasteiger partial charge in [-0.1, -0.05) is 0 Å². The molecule has 1 atom stereocenters. The molecule has 20 heavy (non-hydrogen) atoms. The minimum Gasteiger partial charge on any atom is -0.386 e. The van der Waals surface area contributed by atoms with E-state index < -0.39 is 6.10 Å². The average molecular weight is 289 g/mol. The van der Waals surface area contributed by atoms with E-state index in [2.05, 4.69) is 34.1 Å². The summed E-state index contributed by atoms with van der Waals surface area (Å²) in [4.78, 5) is 9.90. The minimum atomic E-state index is -0.406. The van der Waals surface area contributed by atoms with Crippen molar-refractivity contribution in [2.75, 3.05) is 32.6 Å². The van der Waals surface area contributed by atoms with Crippen molar-refractivity contribution in [3.05, 3.63) is 34.8 Å². The highest BCUT2D eigenvalue weighted by Gasteiger charge is 2.25. The zero-order valence-corrected chi connectivity index (χ0v) is 12.8. The van der Waals surface area contributed by atoms with E-state index in [0.29, 0.717) is 6.54 Å². The summed E-state index contributed by atoms with van der Waals surface area (Å²) in [6.45, 7) is 1.51. The third-order valence-electron chi connectivity index (χ3n) is 3.57. The van der Waals surface area contributed by atoms with Crippen LogP contribution in [0, 0.1) is 0 Å². The highest BCUT2D eigenvalue weighted by molar-refractivity contribution is 7.15. The summed E-state index contributed by atoms with van der Waals surface area (Å²) >= 11 is 1.61. The summed E-state index contributed by atoms with van der Waals surface area (Å²) < 4.78 is 0. The van der Waals surface area contributed by atoms with Gasteiger partial charge in [-0.15, -0.1) is 11.3 Å². The van der Waals surface area contributed by atoms with Gasteiger partial charge in [-0.05, 0) is 31.3 Å². The normalized spacial score (nSPS) is 18.9. The van der Waals surface area contributed by atoms with Crippen LogP contribution in [-0.2, 0) is 6.54 Å². The third kappa shape index (κ3) is 2.44. The first-order valence-corrected chi connectivity index (χ1v) is 7.50. The standard InChI is InChI=1S/C15H19N3OS/c1-17(2)11-6-4-10(5-7-11)15-16-12-8-18(3)9-13(19)14(12)20-15/h4-7,13,19H,8-9H2,1-3H3. The van der Waals surface area contributed by atoms with Crippen LogP contribution < -0.4 is 4.90 Å². The fourth-order valence-electron chi connectivity index (χ4n) is 2.46. The Labute approximate surface area is 123 Å². The van der Waals surface area contributed by atoms with E-state index in [1.54, 1.807) is 11.3 Å². The number of aliphatic hydroxyl groups is 1. The molecule has 0 fully saturated rings. The molecule has 5 heteroatoms. The maximum absolute atomic E-state index is 10.1. The first kappa shape index (κ1) is 13.5. The Kier molecular flexibility index (Phi) is 3.50. The van der Waals surface area contributed by atoms with Gasteiger partial charge >= 0.3 is 0 Å². The first-order chi connectivity index (χ1) is 9.54. The Balaban J connectivity index is 1.93. The molecular formula is C15H19N3OS. The molecular weight excluding hydrogens is 270 g/mol. The lowest BCUT2D eigenvalue weighted by molar-refractivity contribution is 0.110. The Morgan fingerprint density at radius 2 is 2.00 bits per heavy atom. The van der Waals surface area contributed by atoms with Crippen LogP contribution in [0.15, 0.2) is 24.3 Å². The second-order valence-electron chi connectivity index (χ2n) is 5.48. The highest BCUT2D eigenvalue weighted by atomic mass is 32.1. The van der Waals surface area contributed by atoms with E-state index in [1.165, 1.54) is 5.69 Å². The predicted molar refractivity (Wildman–Crippen MR) is 83.2 cm³/mol. The maximum Gasteiger partial charge on any atom is 0.124 e. The number of aromatic nitrogens is 1. The minimum absolute atomic E-state index is 0.406. The number of hydrogen-bond donors (Lipinski definition) is 1. The Morgan fingerprint density at radius 3 is 2.65 bits per heavy atom. The van der Waals surface area contributed by atoms with E-state index in [4.69, 9.17) is 4.98 Å². The summed E-state index contributed by atoms with van der Waals surface area (Å²) in [6.07, 6.45) is -0.406. The van der Waals surface area contributed by atoms with Crippen molar-refractivity contribution in [3.63, 3.8) is 0 Å². The van der Waals surface area contributed by atoms with Gasteiger partial charge in [0, 0.05) is 38.4 Å². The largest absolute Gasteiger partial charge is 0.386 e. The molecule has 1 unspecified atom stereocenters. The molecule has 0 aliphatic carbocycles. The van der Waals surface area contributed by atoms with Crippen molar-refractivity contribution >= 4 is 17.0 Å². The van der Waals surface area contributed by atoms with Crippen molar-refractivity contribution in [1.29, 1.82) is 0 Å². The van der Waals surface area contributed by atoms with E-state index in [9.17, 15) is 5.11 Å². The number of nitrogens with zero attached hydrogens (tertiary/aromatic N) is 3. The zero-order chi connectivity index (χ0) is 14.3. The van der Waals surface area contributed by atoms with Crippen molar-refractivity contribution in [2.45, 2.75) is 12.6 Å². The quantitative estimate of drug-likeness (QED) is 0.921. The number of β-amino-alcohol motifs (C(OH)–C–C–N with tert-alkyl or cyclic N) is 1. The van der Waals surface area contributed by atoms with Crippen molar-refractivity contribution in [3.8, 4) is 10.6 Å². The molecule has 0 saturated carbocycles. The Bertz CT molecular complexity index is 606. The van der Waals surface area contributed by atoms with E-state index in [1.807, 2.05) is 21.1 Å². The van der Waals surface area contributed by atoms with Crippen molar-refractivity contribution < 1.29 is 5.11 Å². The molecule has 1 aliphatic heterocycles. The number of rotatable bonds is 2. The van der Waals surface area contributed by atoms with Gasteiger partial charge in [-0.3, -0.25) is 4.90 Å². The molecule has 4 nitrogen and oxygen atoms in total. The molecule has 0 radical (unpaired) electrons. The number of thiazole rings is 1. The molecule has 2 aromatic rings. The van der Waals surface area contributed by atoms with E-state index in [-0.39, 0.29) is 0 Å². The molecule has 1 aromatic carbocycles. The van der Waals surface area contributed by atoms with E-state index >= 15 is 0 Å². The lowest BCUT2D eigenvalue weighted by atomic mass is 10.1. The molecule has 1 aliphatic rings. The number of fused-ring (bicyclic) bond motifs is 1. The molecule has 3 rings (SSSR count). The number of benzene rings is 1. The Morgan fingerprint density at radius 1 is 1.30 bits per heavy atom. The monoisotopic (exact) mass is 289 g/mol. The van der Waals surface area contributed by atoms with Gasteiger partial charge in [-0.2, -0.15) is 0 Å². The molecule has 0 bridgehead atoms. The van der Waals surface area contributed by atoms with Gasteiger partial charge in [-0.25, -0.2) is 4.98 Å². The van der Waals surface area contributed by atoms with Crippen LogP contribution in [0.5, 0.6) is 0 Å². The molecule has 106 valence electrons. The number of aliphatic hydroxyl groups excluding tert-OH is 1. The van der Waals surface area contributed by atoms with Crippen LogP contribution in [0.1, 0.15) is 16.7 Å². The maximum atomic E-state index is 10.1. The van der Waals surface area contributed by atoms with Crippen LogP contribution in [0.3, 0.4) is 0 Å². The first-order valence-electron chi connectivity index (χ1n) is 6.68. The van der Waals surface area contributed by atoms with Crippen molar-refractivity contribution in [1.82, 2.24) is 9.88 Å². The smallest absolute Gasteiger partial charge is 0.124 e. The molecule has 1 aromatic heterocycles. The molecule has 1 N–H and O–H groups in total. The van der Waals surface area contributed by atoms with Gasteiger partial charge in [0.05, 0.1) is 10.6 Å². The lowest BCUT2D eigenvalue weighted by Gasteiger charge is -2.25. The average Bonchev–Trinajstić information content (AvgIpc) is 2.83. The van der Waals surface area contributed by atoms with Gasteiger partial charge in [0.1, 0.15) is 11.1 Å². The van der Waals surface area contributed by atoms with Crippen LogP contribution in [0.4, 0.5) is 5.69 Å². The number of hydrogen-bond acceptors (Lipinski definition) is 5. The summed E-state index contributed by atoms with van der Waals surface area (Å²) in [5.74, 6) is 0. The summed E-state index contributed by atoms with van der Waals surface area (Å²) in [6, 6.07) is 8.38. The summed E-state index contributed by atoms with van der Waals surface area (Å²) in [5.41, 5.74) is 3.31.